The van der Waals surface area contributed by atoms with Crippen LogP contribution in [0.3, 0.4) is 0 Å². The molecule has 1 N–H and O–H groups in total. The average molecular weight is 321 g/mol. The highest BCUT2D eigenvalue weighted by atomic mass is 35.5. The fourth-order valence-electron chi connectivity index (χ4n) is 2.76. The molecule has 1 fully saturated rings. The van der Waals surface area contributed by atoms with E-state index in [9.17, 15) is 4.79 Å². The molecule has 7 nitrogen and oxygen atoms in total. The molecule has 0 aliphatic carbocycles. The van der Waals surface area contributed by atoms with E-state index in [0.717, 1.165) is 30.4 Å². The lowest BCUT2D eigenvalue weighted by Crippen LogP contribution is -2.39. The molecule has 2 aromatic heterocycles. The Morgan fingerprint density at radius 3 is 3.00 bits per heavy atom. The van der Waals surface area contributed by atoms with Gasteiger partial charge >= 0.3 is 0 Å². The maximum atomic E-state index is 11.0. The van der Waals surface area contributed by atoms with Crippen LogP contribution < -0.4 is 5.32 Å². The minimum absolute atomic E-state index is 0.295. The average Bonchev–Trinajstić information content (AvgIpc) is 2.92. The second kappa shape index (κ2) is 5.35. The number of pyridine rings is 1. The van der Waals surface area contributed by atoms with Crippen molar-refractivity contribution < 1.29 is 13.9 Å². The Bertz CT molecular complexity index is 767. The van der Waals surface area contributed by atoms with Crippen LogP contribution in [0.4, 0.5) is 5.69 Å². The van der Waals surface area contributed by atoms with Gasteiger partial charge in [-0.25, -0.2) is 9.98 Å². The van der Waals surface area contributed by atoms with Crippen molar-refractivity contribution in [3.8, 4) is 0 Å². The zero-order valence-corrected chi connectivity index (χ0v) is 12.3. The van der Waals surface area contributed by atoms with Gasteiger partial charge in [0.25, 0.3) is 0 Å². The molecule has 1 saturated heterocycles. The molecular weight excluding hydrogens is 308 g/mol. The Kier molecular flexibility index (Phi) is 3.33. The molecule has 0 spiro atoms. The number of hydrogen-bond donors (Lipinski definition) is 1. The van der Waals surface area contributed by atoms with Crippen molar-refractivity contribution in [2.45, 2.75) is 6.17 Å². The Labute approximate surface area is 130 Å². The summed E-state index contributed by atoms with van der Waals surface area (Å²) in [4.78, 5) is 21.7. The predicted octanol–water partition coefficient (Wildman–Crippen LogP) is 1.99. The van der Waals surface area contributed by atoms with Crippen LogP contribution in [0.5, 0.6) is 0 Å². The number of rotatable bonds is 2. The highest BCUT2D eigenvalue weighted by Crippen LogP contribution is 2.40. The number of amidine groups is 1. The van der Waals surface area contributed by atoms with E-state index in [1.807, 2.05) is 0 Å². The summed E-state index contributed by atoms with van der Waals surface area (Å²) in [6.07, 6.45) is 1.93. The molecular formula is C14H13ClN4O3. The molecule has 0 radical (unpaired) electrons. The number of furan rings is 1. The van der Waals surface area contributed by atoms with Crippen LogP contribution in [0.1, 0.15) is 22.3 Å². The van der Waals surface area contributed by atoms with Gasteiger partial charge in [-0.05, 0) is 17.7 Å². The van der Waals surface area contributed by atoms with E-state index >= 15 is 0 Å². The number of halogens is 1. The van der Waals surface area contributed by atoms with Crippen LogP contribution in [0.25, 0.3) is 11.1 Å². The molecule has 2 aliphatic rings. The van der Waals surface area contributed by atoms with Crippen molar-refractivity contribution in [3.63, 3.8) is 0 Å². The molecule has 1 unspecified atom stereocenters. The number of ether oxygens (including phenoxy) is 1. The first-order valence-electron chi connectivity index (χ1n) is 6.96. The predicted molar refractivity (Wildman–Crippen MR) is 81.4 cm³/mol. The lowest BCUT2D eigenvalue weighted by molar-refractivity contribution is 0.0138. The largest absolute Gasteiger partial charge is 0.437 e. The first kappa shape index (κ1) is 13.7. The number of nitrogens with zero attached hydrogens (tertiary/aromatic N) is 3. The van der Waals surface area contributed by atoms with Crippen molar-refractivity contribution in [3.05, 3.63) is 23.6 Å². The minimum atomic E-state index is -0.304. The molecule has 4 heterocycles. The Morgan fingerprint density at radius 1 is 1.41 bits per heavy atom. The summed E-state index contributed by atoms with van der Waals surface area (Å²) < 4.78 is 11.2. The number of aromatic nitrogens is 1. The topological polar surface area (TPSA) is 80.0 Å². The van der Waals surface area contributed by atoms with Gasteiger partial charge in [0.05, 0.1) is 24.3 Å². The molecule has 0 saturated carbocycles. The number of nitrogens with one attached hydrogen (secondary N) is 1. The van der Waals surface area contributed by atoms with Crippen molar-refractivity contribution >= 4 is 40.0 Å². The second-order valence-electron chi connectivity index (χ2n) is 5.15. The first-order chi connectivity index (χ1) is 10.8. The van der Waals surface area contributed by atoms with Crippen molar-refractivity contribution in [2.24, 2.45) is 4.99 Å². The van der Waals surface area contributed by atoms with Crippen molar-refractivity contribution in [1.82, 2.24) is 9.88 Å². The maximum absolute atomic E-state index is 11.0. The smallest absolute Gasteiger partial charge is 0.228 e. The number of anilines is 1. The first-order valence-corrected chi connectivity index (χ1v) is 7.34. The minimum Gasteiger partial charge on any atom is -0.437 e. The maximum Gasteiger partial charge on any atom is 0.228 e. The van der Waals surface area contributed by atoms with E-state index in [0.29, 0.717) is 35.5 Å². The number of aliphatic imine (C=N–C) groups is 1. The Balaban J connectivity index is 1.83. The van der Waals surface area contributed by atoms with Gasteiger partial charge in [0.2, 0.25) is 5.71 Å². The summed E-state index contributed by atoms with van der Waals surface area (Å²) in [7, 11) is 0. The summed E-state index contributed by atoms with van der Waals surface area (Å²) in [5.74, 6) is 0.664. The van der Waals surface area contributed by atoms with Gasteiger partial charge < -0.3 is 14.5 Å². The number of hydrogen-bond acceptors (Lipinski definition) is 7. The van der Waals surface area contributed by atoms with Gasteiger partial charge in [0.1, 0.15) is 0 Å². The number of fused-ring (bicyclic) bond motifs is 3. The zero-order chi connectivity index (χ0) is 15.1. The Hall–Kier alpha value is -1.96. The zero-order valence-electron chi connectivity index (χ0n) is 11.6. The third kappa shape index (κ3) is 2.18. The normalized spacial score (nSPS) is 22.0. The number of aldehydes is 1. The molecule has 0 amide bonds. The van der Waals surface area contributed by atoms with Gasteiger partial charge in [-0.2, -0.15) is 0 Å². The van der Waals surface area contributed by atoms with Crippen LogP contribution in [0, 0.1) is 0 Å². The number of carbonyl (C=O) groups is 1. The summed E-state index contributed by atoms with van der Waals surface area (Å²) in [5.41, 5.74) is 1.67. The fourth-order valence-corrected chi connectivity index (χ4v) is 2.95. The summed E-state index contributed by atoms with van der Waals surface area (Å²) in [6, 6.07) is 1.73. The van der Waals surface area contributed by atoms with E-state index in [1.165, 1.54) is 6.20 Å². The van der Waals surface area contributed by atoms with E-state index in [2.05, 4.69) is 20.2 Å². The van der Waals surface area contributed by atoms with Gasteiger partial charge in [-0.15, -0.1) is 0 Å². The highest BCUT2D eigenvalue weighted by Gasteiger charge is 2.33. The van der Waals surface area contributed by atoms with Gasteiger partial charge in [0, 0.05) is 24.8 Å². The van der Waals surface area contributed by atoms with Gasteiger partial charge in [-0.1, -0.05) is 0 Å². The summed E-state index contributed by atoms with van der Waals surface area (Å²) in [6.45, 7) is 2.81. The summed E-state index contributed by atoms with van der Waals surface area (Å²) in [5, 5.41) is 4.03. The molecule has 2 aliphatic heterocycles. The van der Waals surface area contributed by atoms with Crippen LogP contribution in [0.15, 0.2) is 21.7 Å². The van der Waals surface area contributed by atoms with Gasteiger partial charge in [0.15, 0.2) is 23.5 Å². The fraction of sp³-hybridized carbons (Fsp3) is 0.357. The SMILES string of the molecule is O=Cc1cnc2oc3c(c2c1)NC(Cl)=NC3N1CCOCC1. The van der Waals surface area contributed by atoms with E-state index < -0.39 is 0 Å². The third-order valence-electron chi connectivity index (χ3n) is 3.82. The lowest BCUT2D eigenvalue weighted by Gasteiger charge is -2.32. The quantitative estimate of drug-likeness (QED) is 0.673. The van der Waals surface area contributed by atoms with Crippen molar-refractivity contribution in [2.75, 3.05) is 31.6 Å². The third-order valence-corrected chi connectivity index (χ3v) is 4.01. The molecule has 114 valence electrons. The van der Waals surface area contributed by atoms with Crippen LogP contribution in [0.2, 0.25) is 0 Å². The lowest BCUT2D eigenvalue weighted by atomic mass is 10.1. The molecule has 22 heavy (non-hydrogen) atoms. The highest BCUT2D eigenvalue weighted by molar-refractivity contribution is 6.67. The van der Waals surface area contributed by atoms with E-state index in [1.54, 1.807) is 6.07 Å². The van der Waals surface area contributed by atoms with Crippen LogP contribution in [-0.4, -0.2) is 47.8 Å². The molecule has 2 aromatic rings. The molecule has 8 heteroatoms. The monoisotopic (exact) mass is 320 g/mol. The van der Waals surface area contributed by atoms with Crippen LogP contribution in [-0.2, 0) is 4.74 Å². The standard InChI is InChI=1S/C14H13ClN4O3/c15-14-17-10-9-5-8(7-20)6-16-13(9)22-11(10)12(18-14)19-1-3-21-4-2-19/h5-7,12H,1-4H2,(H,17,18). The molecule has 1 atom stereocenters. The Morgan fingerprint density at radius 2 is 2.23 bits per heavy atom. The molecule has 0 bridgehead atoms. The summed E-state index contributed by atoms with van der Waals surface area (Å²) >= 11 is 6.14. The van der Waals surface area contributed by atoms with Gasteiger partial charge in [-0.3, -0.25) is 9.69 Å². The van der Waals surface area contributed by atoms with Crippen molar-refractivity contribution in [1.29, 1.82) is 0 Å². The molecule has 0 aromatic carbocycles. The second-order valence-corrected chi connectivity index (χ2v) is 5.51. The number of morpholine rings is 1. The van der Waals surface area contributed by atoms with Crippen LogP contribution >= 0.6 is 11.6 Å². The number of carbonyl (C=O) groups excluding carboxylic acids is 1. The molecule has 4 rings (SSSR count). The van der Waals surface area contributed by atoms with E-state index in [-0.39, 0.29) is 6.17 Å². The van der Waals surface area contributed by atoms with E-state index in [4.69, 9.17) is 20.8 Å².